The number of esters is 1. The van der Waals surface area contributed by atoms with Crippen molar-refractivity contribution in [2.45, 2.75) is 87.2 Å². The molecule has 6 heterocycles. The highest BCUT2D eigenvalue weighted by Gasteiger charge is 2.75. The number of ether oxygens (including phenoxy) is 3. The molecular formula is C27H32N2O8. The molecule has 3 unspecified atom stereocenters. The zero-order valence-corrected chi connectivity index (χ0v) is 20.7. The number of benzene rings is 1. The van der Waals surface area contributed by atoms with Gasteiger partial charge in [0.05, 0.1) is 29.5 Å². The number of piperidine rings is 4. The lowest BCUT2D eigenvalue weighted by atomic mass is 9.66. The Morgan fingerprint density at radius 1 is 1.24 bits per heavy atom. The lowest BCUT2D eigenvalue weighted by Crippen LogP contribution is -2.70. The Balaban J connectivity index is 1.30. The third-order valence-electron chi connectivity index (χ3n) is 9.62. The summed E-state index contributed by atoms with van der Waals surface area (Å²) in [4.78, 5) is 19.8. The fourth-order valence-corrected chi connectivity index (χ4v) is 8.32. The van der Waals surface area contributed by atoms with E-state index in [2.05, 4.69) is 11.0 Å². The van der Waals surface area contributed by atoms with Crippen molar-refractivity contribution < 1.29 is 39.4 Å². The Morgan fingerprint density at radius 2 is 2.03 bits per heavy atom. The molecule has 1 aliphatic carbocycles. The van der Waals surface area contributed by atoms with Gasteiger partial charge in [0.25, 0.3) is 0 Å². The van der Waals surface area contributed by atoms with Crippen molar-refractivity contribution in [2.24, 2.45) is 16.8 Å². The van der Waals surface area contributed by atoms with Crippen LogP contribution in [0.5, 0.6) is 0 Å². The molecule has 198 valence electrons. The van der Waals surface area contributed by atoms with Crippen molar-refractivity contribution in [3.8, 4) is 0 Å². The summed E-state index contributed by atoms with van der Waals surface area (Å²) in [5.74, 6) is -0.176. The second-order valence-electron chi connectivity index (χ2n) is 11.1. The van der Waals surface area contributed by atoms with Crippen LogP contribution >= 0.6 is 0 Å². The number of aliphatic hydroxyl groups is 4. The maximum absolute atomic E-state index is 12.4. The lowest BCUT2D eigenvalue weighted by Gasteiger charge is -2.59. The molecule has 5 saturated heterocycles. The van der Waals surface area contributed by atoms with E-state index in [-0.39, 0.29) is 36.0 Å². The van der Waals surface area contributed by atoms with Crippen molar-refractivity contribution in [1.82, 2.24) is 4.90 Å². The monoisotopic (exact) mass is 512 g/mol. The van der Waals surface area contributed by atoms with E-state index in [9.17, 15) is 25.2 Å². The van der Waals surface area contributed by atoms with E-state index in [1.54, 1.807) is 0 Å². The zero-order valence-electron chi connectivity index (χ0n) is 20.7. The predicted molar refractivity (Wildman–Crippen MR) is 129 cm³/mol. The van der Waals surface area contributed by atoms with Crippen LogP contribution in [0, 0.1) is 11.8 Å². The Bertz CT molecular complexity index is 1200. The maximum atomic E-state index is 12.4. The molecule has 1 saturated carbocycles. The lowest BCUT2D eigenvalue weighted by molar-refractivity contribution is -0.328. The molecule has 4 N–H and O–H groups in total. The molecule has 1 aromatic carbocycles. The second kappa shape index (κ2) is 8.16. The zero-order chi connectivity index (χ0) is 25.8. The molecule has 10 heteroatoms. The number of para-hydroxylation sites is 1. The van der Waals surface area contributed by atoms with E-state index >= 15 is 0 Å². The number of nitrogens with zero attached hydrogens (tertiary/aromatic N) is 2. The Labute approximate surface area is 214 Å². The van der Waals surface area contributed by atoms with E-state index < -0.39 is 49.0 Å². The van der Waals surface area contributed by atoms with Crippen molar-refractivity contribution >= 4 is 17.4 Å². The number of rotatable bonds is 4. The van der Waals surface area contributed by atoms with Gasteiger partial charge in [0.1, 0.15) is 36.7 Å². The fraction of sp³-hybridized carbons (Fsp3) is 0.630. The third-order valence-corrected chi connectivity index (χ3v) is 9.62. The minimum atomic E-state index is -1.52. The van der Waals surface area contributed by atoms with Crippen LogP contribution in [0.4, 0.5) is 5.69 Å². The molecule has 0 aromatic heterocycles. The van der Waals surface area contributed by atoms with Crippen molar-refractivity contribution in [2.75, 3.05) is 6.61 Å². The highest BCUT2D eigenvalue weighted by atomic mass is 16.7. The highest BCUT2D eigenvalue weighted by Crippen LogP contribution is 2.67. The Morgan fingerprint density at radius 3 is 2.76 bits per heavy atom. The maximum Gasteiger partial charge on any atom is 0.302 e. The highest BCUT2D eigenvalue weighted by molar-refractivity contribution is 6.08. The van der Waals surface area contributed by atoms with Crippen LogP contribution < -0.4 is 0 Å². The minimum absolute atomic E-state index is 0.0495. The molecule has 0 radical (unpaired) electrons. The summed E-state index contributed by atoms with van der Waals surface area (Å²) in [5.41, 5.74) is 3.57. The molecule has 13 atom stereocenters. The molecule has 6 fully saturated rings. The standard InChI is InChI=1S/C27H32N2O8/c1-3-12-13-8-16-23-27(14-6-4-5-7-15(14)28-23)9-17(19(13)24(27)35-11(2)31)29(16)25(12)37-26-22(34)21(33)20(32)18(10-30)36-26/h3-7,13,16-22,24-26,30,32-34H,8-10H2,1-2H3/b12-3+/t13-,16+,17+,18-,19?,20-,21+,22-,24-,25-,26+,27?/m1/s1. The molecule has 10 nitrogen and oxygen atoms in total. The van der Waals surface area contributed by atoms with E-state index in [4.69, 9.17) is 19.2 Å². The van der Waals surface area contributed by atoms with Crippen molar-refractivity contribution in [1.29, 1.82) is 0 Å². The summed E-state index contributed by atoms with van der Waals surface area (Å²) < 4.78 is 18.3. The van der Waals surface area contributed by atoms with Gasteiger partial charge in [-0.3, -0.25) is 14.7 Å². The molecule has 1 aromatic rings. The van der Waals surface area contributed by atoms with Gasteiger partial charge in [0.15, 0.2) is 6.29 Å². The van der Waals surface area contributed by atoms with Gasteiger partial charge in [0.2, 0.25) is 0 Å². The van der Waals surface area contributed by atoms with E-state index in [0.29, 0.717) is 0 Å². The number of allylic oxidation sites excluding steroid dienone is 1. The molecule has 6 aliphatic heterocycles. The molecular weight excluding hydrogens is 480 g/mol. The summed E-state index contributed by atoms with van der Waals surface area (Å²) in [5, 5.41) is 40.9. The predicted octanol–water partition coefficient (Wildman–Crippen LogP) is 0.137. The number of aliphatic hydroxyl groups excluding tert-OH is 4. The summed E-state index contributed by atoms with van der Waals surface area (Å²) in [6, 6.07) is 8.10. The van der Waals surface area contributed by atoms with Crippen LogP contribution in [0.2, 0.25) is 0 Å². The first-order valence-corrected chi connectivity index (χ1v) is 13.1. The SMILES string of the molecule is C/C=C1\[C@H]2C[C@H]3C4=Nc5ccccc5C45C[C@@H](C2[C@H]5OC(C)=O)N3[C@@H]1O[C@@H]1O[C@H](CO)[C@@H](O)[C@H](O)[C@H]1O. The first kappa shape index (κ1) is 23.9. The normalized spacial score (nSPS) is 49.7. The van der Waals surface area contributed by atoms with Gasteiger partial charge < -0.3 is 34.6 Å². The smallest absolute Gasteiger partial charge is 0.302 e. The number of carbonyl (C=O) groups is 1. The summed E-state index contributed by atoms with van der Waals surface area (Å²) in [6.07, 6.45) is -4.07. The average Bonchev–Trinajstić information content (AvgIpc) is 3.36. The topological polar surface area (TPSA) is 141 Å². The molecule has 5 bridgehead atoms. The molecule has 37 heavy (non-hydrogen) atoms. The quantitative estimate of drug-likeness (QED) is 0.327. The molecule has 1 spiro atoms. The Hall–Kier alpha value is -2.18. The first-order valence-electron chi connectivity index (χ1n) is 13.1. The van der Waals surface area contributed by atoms with Gasteiger partial charge in [-0.25, -0.2) is 0 Å². The summed E-state index contributed by atoms with van der Waals surface area (Å²) in [6.45, 7) is 2.89. The van der Waals surface area contributed by atoms with Crippen LogP contribution in [0.1, 0.15) is 32.3 Å². The molecule has 8 rings (SSSR count). The largest absolute Gasteiger partial charge is 0.461 e. The van der Waals surface area contributed by atoms with Crippen LogP contribution in [0.3, 0.4) is 0 Å². The number of hydrogen-bond donors (Lipinski definition) is 4. The Kier molecular flexibility index (Phi) is 5.27. The van der Waals surface area contributed by atoms with Gasteiger partial charge in [-0.15, -0.1) is 0 Å². The number of carbonyl (C=O) groups excluding carboxylic acids is 1. The van der Waals surface area contributed by atoms with Gasteiger partial charge >= 0.3 is 5.97 Å². The van der Waals surface area contributed by atoms with Gasteiger partial charge in [-0.2, -0.15) is 0 Å². The van der Waals surface area contributed by atoms with Gasteiger partial charge in [-0.05, 0) is 42.9 Å². The summed E-state index contributed by atoms with van der Waals surface area (Å²) >= 11 is 0. The molecule has 7 aliphatic rings. The van der Waals surface area contributed by atoms with E-state index in [0.717, 1.165) is 35.4 Å². The van der Waals surface area contributed by atoms with Gasteiger partial charge in [0, 0.05) is 18.9 Å². The van der Waals surface area contributed by atoms with Crippen molar-refractivity contribution in [3.63, 3.8) is 0 Å². The summed E-state index contributed by atoms with van der Waals surface area (Å²) in [7, 11) is 0. The number of aliphatic imine (C=N–C) groups is 1. The number of hydrogen-bond acceptors (Lipinski definition) is 10. The van der Waals surface area contributed by atoms with Gasteiger partial charge in [-0.1, -0.05) is 24.3 Å². The average molecular weight is 513 g/mol. The van der Waals surface area contributed by atoms with Crippen LogP contribution in [-0.2, 0) is 24.4 Å². The van der Waals surface area contributed by atoms with Crippen molar-refractivity contribution in [3.05, 3.63) is 41.5 Å². The van der Waals surface area contributed by atoms with E-state index in [1.807, 2.05) is 31.2 Å². The minimum Gasteiger partial charge on any atom is -0.461 e. The second-order valence-corrected chi connectivity index (χ2v) is 11.1. The fourth-order valence-electron chi connectivity index (χ4n) is 8.32. The number of fused-ring (bicyclic) bond motifs is 2. The van der Waals surface area contributed by atoms with Crippen LogP contribution in [0.25, 0.3) is 0 Å². The van der Waals surface area contributed by atoms with Crippen LogP contribution in [-0.4, -0.2) is 98.7 Å². The first-order chi connectivity index (χ1) is 17.8. The van der Waals surface area contributed by atoms with E-state index in [1.165, 1.54) is 6.92 Å². The van der Waals surface area contributed by atoms with Crippen LogP contribution in [0.15, 0.2) is 40.9 Å². The third kappa shape index (κ3) is 2.95. The molecule has 0 amide bonds.